The van der Waals surface area contributed by atoms with Crippen LogP contribution in [-0.4, -0.2) is 19.6 Å². The SMILES string of the molecule is CCCCCN(c1ccc(CNC)c(C)c1)C(C)C. The third-order valence-electron chi connectivity index (χ3n) is 3.65. The van der Waals surface area contributed by atoms with Crippen LogP contribution in [0.2, 0.25) is 0 Å². The van der Waals surface area contributed by atoms with Crippen LogP contribution >= 0.6 is 0 Å². The van der Waals surface area contributed by atoms with E-state index >= 15 is 0 Å². The van der Waals surface area contributed by atoms with Gasteiger partial charge in [-0.05, 0) is 57.5 Å². The minimum atomic E-state index is 0.561. The summed E-state index contributed by atoms with van der Waals surface area (Å²) in [7, 11) is 2.00. The van der Waals surface area contributed by atoms with Crippen molar-refractivity contribution in [1.82, 2.24) is 5.32 Å². The zero-order valence-corrected chi connectivity index (χ0v) is 13.3. The fraction of sp³-hybridized carbons (Fsp3) is 0.647. The van der Waals surface area contributed by atoms with Gasteiger partial charge in [0.05, 0.1) is 0 Å². The van der Waals surface area contributed by atoms with Gasteiger partial charge in [-0.15, -0.1) is 0 Å². The van der Waals surface area contributed by atoms with Gasteiger partial charge in [-0.2, -0.15) is 0 Å². The van der Waals surface area contributed by atoms with Gasteiger partial charge in [0.15, 0.2) is 0 Å². The molecule has 2 heteroatoms. The molecule has 0 aliphatic rings. The van der Waals surface area contributed by atoms with Gasteiger partial charge >= 0.3 is 0 Å². The highest BCUT2D eigenvalue weighted by Gasteiger charge is 2.11. The number of hydrogen-bond donors (Lipinski definition) is 1. The Morgan fingerprint density at radius 1 is 1.21 bits per heavy atom. The monoisotopic (exact) mass is 262 g/mol. The van der Waals surface area contributed by atoms with E-state index < -0.39 is 0 Å². The average molecular weight is 262 g/mol. The molecule has 0 aromatic heterocycles. The van der Waals surface area contributed by atoms with Crippen LogP contribution in [0.25, 0.3) is 0 Å². The first-order valence-electron chi connectivity index (χ1n) is 7.60. The molecule has 0 fully saturated rings. The molecule has 108 valence electrons. The summed E-state index contributed by atoms with van der Waals surface area (Å²) in [6.45, 7) is 11.1. The third kappa shape index (κ3) is 4.87. The van der Waals surface area contributed by atoms with Crippen molar-refractivity contribution in [2.45, 2.75) is 59.5 Å². The number of hydrogen-bond acceptors (Lipinski definition) is 2. The fourth-order valence-corrected chi connectivity index (χ4v) is 2.47. The molecule has 0 spiro atoms. The Labute approximate surface area is 119 Å². The lowest BCUT2D eigenvalue weighted by molar-refractivity contribution is 0.625. The number of unbranched alkanes of at least 4 members (excludes halogenated alkanes) is 2. The van der Waals surface area contributed by atoms with Crippen LogP contribution in [0.4, 0.5) is 5.69 Å². The van der Waals surface area contributed by atoms with Gasteiger partial charge in [0.25, 0.3) is 0 Å². The van der Waals surface area contributed by atoms with Crippen LogP contribution in [0, 0.1) is 6.92 Å². The molecule has 1 aromatic carbocycles. The molecule has 0 aliphatic heterocycles. The highest BCUT2D eigenvalue weighted by Crippen LogP contribution is 2.22. The normalized spacial score (nSPS) is 11.1. The summed E-state index contributed by atoms with van der Waals surface area (Å²) in [4.78, 5) is 2.52. The van der Waals surface area contributed by atoms with Crippen molar-refractivity contribution in [1.29, 1.82) is 0 Å². The number of nitrogens with one attached hydrogen (secondary N) is 1. The molecule has 0 unspecified atom stereocenters. The molecule has 19 heavy (non-hydrogen) atoms. The van der Waals surface area contributed by atoms with Crippen molar-refractivity contribution in [3.05, 3.63) is 29.3 Å². The minimum Gasteiger partial charge on any atom is -0.369 e. The Kier molecular flexibility index (Phi) is 6.93. The quantitative estimate of drug-likeness (QED) is 0.709. The third-order valence-corrected chi connectivity index (χ3v) is 3.65. The molecule has 2 nitrogen and oxygen atoms in total. The minimum absolute atomic E-state index is 0.561. The smallest absolute Gasteiger partial charge is 0.0371 e. The van der Waals surface area contributed by atoms with Crippen molar-refractivity contribution in [2.24, 2.45) is 0 Å². The molecular formula is C17H30N2. The number of anilines is 1. The lowest BCUT2D eigenvalue weighted by Gasteiger charge is -2.29. The summed E-state index contributed by atoms with van der Waals surface area (Å²) in [6, 6.07) is 7.42. The van der Waals surface area contributed by atoms with Gasteiger partial charge in [-0.1, -0.05) is 25.8 Å². The van der Waals surface area contributed by atoms with Crippen molar-refractivity contribution < 1.29 is 0 Å². The Morgan fingerprint density at radius 3 is 2.47 bits per heavy atom. The first-order valence-corrected chi connectivity index (χ1v) is 7.60. The van der Waals surface area contributed by atoms with Crippen molar-refractivity contribution in [3.8, 4) is 0 Å². The van der Waals surface area contributed by atoms with E-state index in [0.29, 0.717) is 6.04 Å². The molecule has 0 saturated carbocycles. The zero-order chi connectivity index (χ0) is 14.3. The van der Waals surface area contributed by atoms with Crippen molar-refractivity contribution >= 4 is 5.69 Å². The molecular weight excluding hydrogens is 232 g/mol. The molecule has 0 saturated heterocycles. The number of rotatable bonds is 8. The molecule has 0 atom stereocenters. The lowest BCUT2D eigenvalue weighted by atomic mass is 10.1. The highest BCUT2D eigenvalue weighted by molar-refractivity contribution is 5.51. The van der Waals surface area contributed by atoms with E-state index in [1.807, 2.05) is 7.05 Å². The Hall–Kier alpha value is -1.02. The highest BCUT2D eigenvalue weighted by atomic mass is 15.1. The second kappa shape index (κ2) is 8.21. The van der Waals surface area contributed by atoms with E-state index in [4.69, 9.17) is 0 Å². The zero-order valence-electron chi connectivity index (χ0n) is 13.3. The van der Waals surface area contributed by atoms with Crippen LogP contribution in [0.1, 0.15) is 51.2 Å². The maximum Gasteiger partial charge on any atom is 0.0371 e. The van der Waals surface area contributed by atoms with E-state index in [-0.39, 0.29) is 0 Å². The summed E-state index contributed by atoms with van der Waals surface area (Å²) in [5, 5.41) is 3.22. The van der Waals surface area contributed by atoms with Gasteiger partial charge < -0.3 is 10.2 Å². The second-order valence-corrected chi connectivity index (χ2v) is 5.64. The number of aryl methyl sites for hydroxylation is 1. The Morgan fingerprint density at radius 2 is 1.95 bits per heavy atom. The van der Waals surface area contributed by atoms with Crippen LogP contribution in [-0.2, 0) is 6.54 Å². The Balaban J connectivity index is 2.81. The van der Waals surface area contributed by atoms with Gasteiger partial charge in [0.2, 0.25) is 0 Å². The predicted octanol–water partition coefficient (Wildman–Crippen LogP) is 4.12. The van der Waals surface area contributed by atoms with Crippen molar-refractivity contribution in [2.75, 3.05) is 18.5 Å². The summed E-state index contributed by atoms with van der Waals surface area (Å²) in [6.07, 6.45) is 3.89. The van der Waals surface area contributed by atoms with Crippen molar-refractivity contribution in [3.63, 3.8) is 0 Å². The van der Waals surface area contributed by atoms with Crippen LogP contribution < -0.4 is 10.2 Å². The van der Waals surface area contributed by atoms with Gasteiger partial charge in [-0.25, -0.2) is 0 Å². The average Bonchev–Trinajstić information content (AvgIpc) is 2.37. The molecule has 0 aliphatic carbocycles. The Bertz CT molecular complexity index is 372. The maximum absolute atomic E-state index is 3.22. The van der Waals surface area contributed by atoms with E-state index in [2.05, 4.69) is 56.1 Å². The molecule has 0 bridgehead atoms. The molecule has 1 N–H and O–H groups in total. The van der Waals surface area contributed by atoms with Gasteiger partial charge in [-0.3, -0.25) is 0 Å². The van der Waals surface area contributed by atoms with Gasteiger partial charge in [0.1, 0.15) is 0 Å². The molecule has 1 aromatic rings. The second-order valence-electron chi connectivity index (χ2n) is 5.64. The van der Waals surface area contributed by atoms with E-state index in [1.54, 1.807) is 0 Å². The van der Waals surface area contributed by atoms with Gasteiger partial charge in [0, 0.05) is 24.8 Å². The lowest BCUT2D eigenvalue weighted by Crippen LogP contribution is -2.31. The molecule has 1 rings (SSSR count). The summed E-state index contributed by atoms with van der Waals surface area (Å²) in [5.74, 6) is 0. The largest absolute Gasteiger partial charge is 0.369 e. The molecule has 0 heterocycles. The molecule has 0 amide bonds. The number of nitrogens with zero attached hydrogens (tertiary/aromatic N) is 1. The first kappa shape index (κ1) is 16.0. The van der Waals surface area contributed by atoms with Crippen LogP contribution in [0.3, 0.4) is 0 Å². The van der Waals surface area contributed by atoms with Crippen LogP contribution in [0.5, 0.6) is 0 Å². The van der Waals surface area contributed by atoms with E-state index in [0.717, 1.165) is 13.1 Å². The number of benzene rings is 1. The van der Waals surface area contributed by atoms with E-state index in [1.165, 1.54) is 36.1 Å². The fourth-order valence-electron chi connectivity index (χ4n) is 2.47. The molecule has 0 radical (unpaired) electrons. The topological polar surface area (TPSA) is 15.3 Å². The van der Waals surface area contributed by atoms with E-state index in [9.17, 15) is 0 Å². The maximum atomic E-state index is 3.22. The summed E-state index contributed by atoms with van der Waals surface area (Å²) >= 11 is 0. The standard InChI is InChI=1S/C17H30N2/c1-6-7-8-11-19(14(2)3)17-10-9-16(13-18-5)15(4)12-17/h9-10,12,14,18H,6-8,11,13H2,1-5H3. The predicted molar refractivity (Wildman–Crippen MR) is 85.9 cm³/mol. The first-order chi connectivity index (χ1) is 9.10. The van der Waals surface area contributed by atoms with Crippen LogP contribution in [0.15, 0.2) is 18.2 Å². The summed E-state index contributed by atoms with van der Waals surface area (Å²) in [5.41, 5.74) is 4.14. The summed E-state index contributed by atoms with van der Waals surface area (Å²) < 4.78 is 0.